The van der Waals surface area contributed by atoms with Crippen LogP contribution in [-0.2, 0) is 9.47 Å². The van der Waals surface area contributed by atoms with Gasteiger partial charge in [-0.25, -0.2) is 9.78 Å². The second kappa shape index (κ2) is 7.98. The van der Waals surface area contributed by atoms with E-state index in [0.29, 0.717) is 35.2 Å². The lowest BCUT2D eigenvalue weighted by molar-refractivity contribution is -0.0147. The van der Waals surface area contributed by atoms with Crippen molar-refractivity contribution in [1.82, 2.24) is 19.9 Å². The minimum Gasteiger partial charge on any atom is -0.443 e. The van der Waals surface area contributed by atoms with Crippen molar-refractivity contribution in [2.24, 2.45) is 5.92 Å². The first-order chi connectivity index (χ1) is 13.6. The highest BCUT2D eigenvalue weighted by atomic mass is 16.6. The van der Waals surface area contributed by atoms with Gasteiger partial charge in [0.05, 0.1) is 12.3 Å². The molecule has 0 radical (unpaired) electrons. The molecule has 3 rings (SSSR count). The van der Waals surface area contributed by atoms with Crippen LogP contribution in [0.4, 0.5) is 10.6 Å². The Kier molecular flexibility index (Phi) is 5.79. The van der Waals surface area contributed by atoms with E-state index in [0.717, 1.165) is 12.8 Å². The van der Waals surface area contributed by atoms with Gasteiger partial charge in [-0.15, -0.1) is 0 Å². The first-order valence-corrected chi connectivity index (χ1v) is 9.74. The fourth-order valence-corrected chi connectivity index (χ4v) is 3.29. The van der Waals surface area contributed by atoms with E-state index in [1.807, 2.05) is 0 Å². The summed E-state index contributed by atoms with van der Waals surface area (Å²) in [5.41, 5.74) is 0.796. The average molecular weight is 403 g/mol. The molecular formula is C20H29N5O4. The van der Waals surface area contributed by atoms with Crippen molar-refractivity contribution in [2.75, 3.05) is 25.6 Å². The molecule has 2 aromatic rings. The molecule has 0 spiro atoms. The van der Waals surface area contributed by atoms with Crippen molar-refractivity contribution in [1.29, 1.82) is 0 Å². The number of ether oxygens (including phenoxy) is 2. The van der Waals surface area contributed by atoms with Gasteiger partial charge >= 0.3 is 6.09 Å². The van der Waals surface area contributed by atoms with Crippen molar-refractivity contribution in [3.63, 3.8) is 0 Å². The number of fused-ring (bicyclic) bond motifs is 1. The third-order valence-electron chi connectivity index (χ3n) is 5.01. The van der Waals surface area contributed by atoms with E-state index in [1.54, 1.807) is 47.9 Å². The molecule has 158 valence electrons. The van der Waals surface area contributed by atoms with Crippen LogP contribution < -0.4 is 10.2 Å². The quantitative estimate of drug-likeness (QED) is 0.824. The van der Waals surface area contributed by atoms with Gasteiger partial charge in [0.2, 0.25) is 0 Å². The van der Waals surface area contributed by atoms with Gasteiger partial charge in [0.15, 0.2) is 5.65 Å². The van der Waals surface area contributed by atoms with Crippen molar-refractivity contribution in [3.8, 4) is 0 Å². The Labute approximate surface area is 170 Å². The molecule has 2 atom stereocenters. The molecule has 2 aromatic heterocycles. The fraction of sp³-hybridized carbons (Fsp3) is 0.600. The second-order valence-corrected chi connectivity index (χ2v) is 8.41. The number of carbonyl (C=O) groups is 2. The predicted octanol–water partition coefficient (Wildman–Crippen LogP) is 2.56. The summed E-state index contributed by atoms with van der Waals surface area (Å²) in [6.45, 7) is 7.76. The zero-order valence-corrected chi connectivity index (χ0v) is 17.9. The van der Waals surface area contributed by atoms with Gasteiger partial charge in [0, 0.05) is 38.4 Å². The Morgan fingerprint density at radius 1 is 1.34 bits per heavy atom. The van der Waals surface area contributed by atoms with Gasteiger partial charge in [-0.1, -0.05) is 0 Å². The number of carbonyl (C=O) groups excluding carboxylic acids is 2. The van der Waals surface area contributed by atoms with E-state index in [4.69, 9.17) is 9.47 Å². The van der Waals surface area contributed by atoms with Crippen molar-refractivity contribution >= 4 is 23.5 Å². The molecule has 0 saturated heterocycles. The van der Waals surface area contributed by atoms with E-state index in [2.05, 4.69) is 15.4 Å². The summed E-state index contributed by atoms with van der Waals surface area (Å²) in [5, 5.41) is 7.24. The van der Waals surface area contributed by atoms with Crippen LogP contribution >= 0.6 is 0 Å². The number of nitrogens with zero attached hydrogens (tertiary/aromatic N) is 4. The van der Waals surface area contributed by atoms with Crippen molar-refractivity contribution in [2.45, 2.75) is 52.2 Å². The van der Waals surface area contributed by atoms with Crippen LogP contribution in [0, 0.1) is 12.8 Å². The van der Waals surface area contributed by atoms with Crippen LogP contribution in [0.25, 0.3) is 5.65 Å². The Morgan fingerprint density at radius 3 is 2.66 bits per heavy atom. The monoisotopic (exact) mass is 403 g/mol. The number of rotatable bonds is 5. The smallest absolute Gasteiger partial charge is 0.415 e. The summed E-state index contributed by atoms with van der Waals surface area (Å²) < 4.78 is 12.3. The zero-order chi connectivity index (χ0) is 21.3. The normalized spacial score (nSPS) is 19.0. The lowest BCUT2D eigenvalue weighted by Crippen LogP contribution is -2.42. The maximum absolute atomic E-state index is 12.7. The van der Waals surface area contributed by atoms with Crippen molar-refractivity contribution in [3.05, 3.63) is 23.5 Å². The van der Waals surface area contributed by atoms with Gasteiger partial charge < -0.3 is 14.8 Å². The van der Waals surface area contributed by atoms with Gasteiger partial charge in [0.25, 0.3) is 5.91 Å². The number of aryl methyl sites for hydroxylation is 1. The Morgan fingerprint density at radius 2 is 2.07 bits per heavy atom. The van der Waals surface area contributed by atoms with Crippen LogP contribution in [0.3, 0.4) is 0 Å². The number of hydrogen-bond donors (Lipinski definition) is 1. The molecule has 2 heterocycles. The first-order valence-electron chi connectivity index (χ1n) is 9.74. The largest absolute Gasteiger partial charge is 0.443 e. The molecule has 29 heavy (non-hydrogen) atoms. The van der Waals surface area contributed by atoms with E-state index in [1.165, 1.54) is 15.6 Å². The number of anilines is 1. The first kappa shape index (κ1) is 21.0. The molecule has 1 N–H and O–H groups in total. The van der Waals surface area contributed by atoms with E-state index >= 15 is 0 Å². The molecule has 9 nitrogen and oxygen atoms in total. The van der Waals surface area contributed by atoms with Gasteiger partial charge in [-0.2, -0.15) is 9.61 Å². The molecule has 1 fully saturated rings. The van der Waals surface area contributed by atoms with Gasteiger partial charge in [-0.3, -0.25) is 9.69 Å². The molecule has 0 aromatic carbocycles. The maximum atomic E-state index is 12.7. The van der Waals surface area contributed by atoms with Crippen LogP contribution in [0.2, 0.25) is 0 Å². The molecule has 1 aliphatic carbocycles. The molecule has 9 heteroatoms. The topological polar surface area (TPSA) is 98.1 Å². The average Bonchev–Trinajstić information content (AvgIpc) is 3.02. The molecule has 1 unspecified atom stereocenters. The molecular weight excluding hydrogens is 374 g/mol. The molecule has 2 amide bonds. The molecule has 1 saturated carbocycles. The predicted molar refractivity (Wildman–Crippen MR) is 108 cm³/mol. The number of aromatic nitrogens is 3. The standard InChI is InChI=1S/C20H29N5O4/c1-12-9-16(24(5)19(27)29-20(2,3)4)25-17(23-12)14(11-22-25)18(26)21-10-13-7-8-15(13)28-6/h9,11,13,15H,7-8,10H2,1-6H3,(H,21,26)/t13?,15-/m0/s1. The van der Waals surface area contributed by atoms with E-state index < -0.39 is 11.7 Å². The second-order valence-electron chi connectivity index (χ2n) is 8.41. The van der Waals surface area contributed by atoms with E-state index in [9.17, 15) is 9.59 Å². The number of hydrogen-bond acceptors (Lipinski definition) is 6. The van der Waals surface area contributed by atoms with Crippen LogP contribution in [-0.4, -0.2) is 59.0 Å². The van der Waals surface area contributed by atoms with Crippen LogP contribution in [0.1, 0.15) is 49.7 Å². The summed E-state index contributed by atoms with van der Waals surface area (Å²) in [7, 11) is 3.30. The minimum atomic E-state index is -0.622. The van der Waals surface area contributed by atoms with Gasteiger partial charge in [0.1, 0.15) is 17.0 Å². The summed E-state index contributed by atoms with van der Waals surface area (Å²) in [4.78, 5) is 31.0. The lowest BCUT2D eigenvalue weighted by Gasteiger charge is -2.35. The van der Waals surface area contributed by atoms with Crippen LogP contribution in [0.5, 0.6) is 0 Å². The fourth-order valence-electron chi connectivity index (χ4n) is 3.29. The summed E-state index contributed by atoms with van der Waals surface area (Å²) in [6, 6.07) is 1.73. The summed E-state index contributed by atoms with van der Waals surface area (Å²) in [6.07, 6.45) is 3.22. The SMILES string of the molecule is CO[C@H]1CCC1CNC(=O)c1cnn2c(N(C)C(=O)OC(C)(C)C)cc(C)nc12. The Hall–Kier alpha value is -2.68. The minimum absolute atomic E-state index is 0.202. The molecule has 0 bridgehead atoms. The Balaban J connectivity index is 1.83. The lowest BCUT2D eigenvalue weighted by atomic mass is 9.82. The third-order valence-corrected chi connectivity index (χ3v) is 5.01. The maximum Gasteiger partial charge on any atom is 0.415 e. The third kappa shape index (κ3) is 4.50. The highest BCUT2D eigenvalue weighted by Crippen LogP contribution is 2.29. The van der Waals surface area contributed by atoms with Crippen LogP contribution in [0.15, 0.2) is 12.3 Å². The highest BCUT2D eigenvalue weighted by Gasteiger charge is 2.31. The number of amides is 2. The molecule has 1 aliphatic rings. The Bertz CT molecular complexity index is 915. The molecule has 0 aliphatic heterocycles. The summed E-state index contributed by atoms with van der Waals surface area (Å²) >= 11 is 0. The zero-order valence-electron chi connectivity index (χ0n) is 17.9. The number of nitrogens with one attached hydrogen (secondary N) is 1. The van der Waals surface area contributed by atoms with E-state index in [-0.39, 0.29) is 12.0 Å². The highest BCUT2D eigenvalue weighted by molar-refractivity contribution is 6.00. The number of methoxy groups -OCH3 is 1. The van der Waals surface area contributed by atoms with Gasteiger partial charge in [-0.05, 0) is 40.5 Å². The summed E-state index contributed by atoms with van der Waals surface area (Å²) in [5.74, 6) is 0.555. The van der Waals surface area contributed by atoms with Crippen molar-refractivity contribution < 1.29 is 19.1 Å².